The number of likely N-dealkylation sites (tertiary alicyclic amines) is 1. The smallest absolute Gasteiger partial charge is 0.223 e. The number of carbonyl (C=O) groups excluding carboxylic acids is 1. The van der Waals surface area contributed by atoms with Crippen molar-refractivity contribution in [2.75, 3.05) is 26.2 Å². The summed E-state index contributed by atoms with van der Waals surface area (Å²) in [5, 5.41) is 10.1. The lowest BCUT2D eigenvalue weighted by Gasteiger charge is -2.31. The van der Waals surface area contributed by atoms with Gasteiger partial charge in [0.25, 0.3) is 0 Å². The Bertz CT molecular complexity index is 476. The summed E-state index contributed by atoms with van der Waals surface area (Å²) < 4.78 is 0. The predicted octanol–water partition coefficient (Wildman–Crippen LogP) is 2.66. The molecular formula is C19H30N2O2. The number of amides is 1. The predicted molar refractivity (Wildman–Crippen MR) is 93.1 cm³/mol. The highest BCUT2D eigenvalue weighted by Gasteiger charge is 2.21. The molecule has 1 heterocycles. The molecule has 1 aliphatic heterocycles. The molecule has 0 spiro atoms. The maximum Gasteiger partial charge on any atom is 0.223 e. The fourth-order valence-corrected chi connectivity index (χ4v) is 3.16. The summed E-state index contributed by atoms with van der Waals surface area (Å²) in [7, 11) is 0. The van der Waals surface area contributed by atoms with Gasteiger partial charge in [-0.25, -0.2) is 0 Å². The van der Waals surface area contributed by atoms with E-state index in [9.17, 15) is 9.90 Å². The number of nitrogens with zero attached hydrogens (tertiary/aromatic N) is 2. The molecule has 2 rings (SSSR count). The fraction of sp³-hybridized carbons (Fsp3) is 0.632. The average molecular weight is 318 g/mol. The van der Waals surface area contributed by atoms with Crippen molar-refractivity contribution in [2.24, 2.45) is 0 Å². The second-order valence-corrected chi connectivity index (χ2v) is 7.20. The van der Waals surface area contributed by atoms with E-state index >= 15 is 0 Å². The summed E-state index contributed by atoms with van der Waals surface area (Å²) in [5.41, 5.74) is 0.449. The van der Waals surface area contributed by atoms with Crippen LogP contribution in [0.3, 0.4) is 0 Å². The Kier molecular flexibility index (Phi) is 6.60. The molecule has 1 aromatic carbocycles. The van der Waals surface area contributed by atoms with Crippen LogP contribution in [-0.4, -0.2) is 52.6 Å². The molecule has 1 fully saturated rings. The van der Waals surface area contributed by atoms with Crippen molar-refractivity contribution in [3.05, 3.63) is 35.9 Å². The number of aliphatic hydroxyl groups is 1. The van der Waals surface area contributed by atoms with Crippen molar-refractivity contribution in [1.29, 1.82) is 0 Å². The molecule has 0 unspecified atom stereocenters. The highest BCUT2D eigenvalue weighted by Crippen LogP contribution is 2.13. The third-order valence-corrected chi connectivity index (χ3v) is 4.21. The maximum atomic E-state index is 12.4. The molecule has 0 saturated carbocycles. The molecule has 4 heteroatoms. The lowest BCUT2D eigenvalue weighted by molar-refractivity contribution is -0.132. The molecule has 1 saturated heterocycles. The van der Waals surface area contributed by atoms with E-state index in [0.717, 1.165) is 32.5 Å². The third kappa shape index (κ3) is 6.71. The molecule has 4 nitrogen and oxygen atoms in total. The van der Waals surface area contributed by atoms with Crippen molar-refractivity contribution >= 4 is 5.91 Å². The Balaban J connectivity index is 1.90. The van der Waals surface area contributed by atoms with Gasteiger partial charge in [0.1, 0.15) is 0 Å². The zero-order valence-corrected chi connectivity index (χ0v) is 14.5. The molecule has 0 bridgehead atoms. The lowest BCUT2D eigenvalue weighted by Crippen LogP contribution is -2.41. The molecule has 1 aliphatic rings. The van der Waals surface area contributed by atoms with Gasteiger partial charge in [0.2, 0.25) is 5.91 Å². The second kappa shape index (κ2) is 8.46. The van der Waals surface area contributed by atoms with Crippen LogP contribution in [0.4, 0.5) is 0 Å². The molecular weight excluding hydrogens is 288 g/mol. The highest BCUT2D eigenvalue weighted by atomic mass is 16.3. The largest absolute Gasteiger partial charge is 0.389 e. The molecule has 0 aliphatic carbocycles. The van der Waals surface area contributed by atoms with E-state index in [2.05, 4.69) is 17.0 Å². The average Bonchev–Trinajstić information content (AvgIpc) is 2.53. The zero-order valence-electron chi connectivity index (χ0n) is 14.5. The summed E-state index contributed by atoms with van der Waals surface area (Å²) in [6.07, 6.45) is 4.03. The van der Waals surface area contributed by atoms with E-state index in [4.69, 9.17) is 0 Å². The van der Waals surface area contributed by atoms with Crippen LogP contribution in [0.5, 0.6) is 0 Å². The summed E-state index contributed by atoms with van der Waals surface area (Å²) in [6.45, 7) is 7.46. The van der Waals surface area contributed by atoms with Gasteiger partial charge in [-0.15, -0.1) is 0 Å². The van der Waals surface area contributed by atoms with Crippen molar-refractivity contribution < 1.29 is 9.90 Å². The summed E-state index contributed by atoms with van der Waals surface area (Å²) in [4.78, 5) is 16.5. The van der Waals surface area contributed by atoms with Crippen LogP contribution in [0, 0.1) is 0 Å². The number of hydrogen-bond donors (Lipinski definition) is 1. The van der Waals surface area contributed by atoms with Gasteiger partial charge in [0.05, 0.1) is 5.60 Å². The summed E-state index contributed by atoms with van der Waals surface area (Å²) >= 11 is 0. The fourth-order valence-electron chi connectivity index (χ4n) is 3.16. The summed E-state index contributed by atoms with van der Waals surface area (Å²) in [5.74, 6) is 0.249. The first-order chi connectivity index (χ1) is 10.9. The van der Waals surface area contributed by atoms with Crippen LogP contribution < -0.4 is 0 Å². The van der Waals surface area contributed by atoms with Gasteiger partial charge in [-0.1, -0.05) is 30.3 Å². The van der Waals surface area contributed by atoms with Crippen molar-refractivity contribution in [1.82, 2.24) is 9.80 Å². The van der Waals surface area contributed by atoms with Crippen LogP contribution in [-0.2, 0) is 11.3 Å². The van der Waals surface area contributed by atoms with Crippen LogP contribution in [0.25, 0.3) is 0 Å². The van der Waals surface area contributed by atoms with E-state index < -0.39 is 5.60 Å². The number of hydrogen-bond acceptors (Lipinski definition) is 3. The lowest BCUT2D eigenvalue weighted by atomic mass is 10.1. The van der Waals surface area contributed by atoms with Gasteiger partial charge in [-0.2, -0.15) is 0 Å². The van der Waals surface area contributed by atoms with Crippen LogP contribution in [0.2, 0.25) is 0 Å². The minimum Gasteiger partial charge on any atom is -0.389 e. The van der Waals surface area contributed by atoms with E-state index in [0.29, 0.717) is 19.5 Å². The van der Waals surface area contributed by atoms with E-state index in [1.807, 2.05) is 36.9 Å². The van der Waals surface area contributed by atoms with Crippen LogP contribution in [0.15, 0.2) is 30.3 Å². The van der Waals surface area contributed by atoms with E-state index in [1.54, 1.807) is 0 Å². The number of benzene rings is 1. The Morgan fingerprint density at radius 1 is 1.17 bits per heavy atom. The Hall–Kier alpha value is -1.39. The molecule has 23 heavy (non-hydrogen) atoms. The van der Waals surface area contributed by atoms with E-state index in [1.165, 1.54) is 12.0 Å². The van der Waals surface area contributed by atoms with Crippen molar-refractivity contribution in [2.45, 2.75) is 51.7 Å². The van der Waals surface area contributed by atoms with Gasteiger partial charge in [-0.3, -0.25) is 9.69 Å². The normalized spacial score (nSPS) is 15.9. The standard InChI is InChI=1S/C19H30N2O2/c1-19(2,23)16-20(15-17-9-5-3-6-10-17)14-11-18(22)21-12-7-4-8-13-21/h3,5-6,9-10,23H,4,7-8,11-16H2,1-2H3. The van der Waals surface area contributed by atoms with Gasteiger partial charge in [0.15, 0.2) is 0 Å². The van der Waals surface area contributed by atoms with Crippen LogP contribution in [0.1, 0.15) is 45.1 Å². The third-order valence-electron chi connectivity index (χ3n) is 4.21. The first-order valence-corrected chi connectivity index (χ1v) is 8.70. The van der Waals surface area contributed by atoms with Crippen molar-refractivity contribution in [3.8, 4) is 0 Å². The van der Waals surface area contributed by atoms with Gasteiger partial charge >= 0.3 is 0 Å². The van der Waals surface area contributed by atoms with Crippen LogP contribution >= 0.6 is 0 Å². The first kappa shape index (κ1) is 18.0. The molecule has 0 aromatic heterocycles. The number of rotatable bonds is 7. The molecule has 0 radical (unpaired) electrons. The van der Waals surface area contributed by atoms with Gasteiger partial charge in [0, 0.05) is 39.1 Å². The van der Waals surface area contributed by atoms with Crippen molar-refractivity contribution in [3.63, 3.8) is 0 Å². The Morgan fingerprint density at radius 2 is 1.83 bits per heavy atom. The first-order valence-electron chi connectivity index (χ1n) is 8.70. The molecule has 1 N–H and O–H groups in total. The molecule has 1 amide bonds. The zero-order chi connectivity index (χ0) is 16.7. The van der Waals surface area contributed by atoms with Gasteiger partial charge in [-0.05, 0) is 38.7 Å². The number of piperidine rings is 1. The Labute approximate surface area is 140 Å². The van der Waals surface area contributed by atoms with Gasteiger partial charge < -0.3 is 10.0 Å². The minimum atomic E-state index is -0.761. The number of carbonyl (C=O) groups is 1. The quantitative estimate of drug-likeness (QED) is 0.840. The molecule has 1 aromatic rings. The topological polar surface area (TPSA) is 43.8 Å². The second-order valence-electron chi connectivity index (χ2n) is 7.20. The van der Waals surface area contributed by atoms with E-state index in [-0.39, 0.29) is 5.91 Å². The summed E-state index contributed by atoms with van der Waals surface area (Å²) in [6, 6.07) is 10.2. The monoisotopic (exact) mass is 318 g/mol. The SMILES string of the molecule is CC(C)(O)CN(CCC(=O)N1CCCCC1)Cc1ccccc1. The molecule has 0 atom stereocenters. The minimum absolute atomic E-state index is 0.249. The maximum absolute atomic E-state index is 12.4. The highest BCUT2D eigenvalue weighted by molar-refractivity contribution is 5.76. The Morgan fingerprint density at radius 3 is 2.43 bits per heavy atom. The molecule has 128 valence electrons.